The van der Waals surface area contributed by atoms with Crippen molar-refractivity contribution in [1.82, 2.24) is 10.6 Å². The van der Waals surface area contributed by atoms with Crippen molar-refractivity contribution in [2.24, 2.45) is 11.3 Å². The van der Waals surface area contributed by atoms with Gasteiger partial charge in [-0.25, -0.2) is 8.42 Å². The molecule has 1 heterocycles. The summed E-state index contributed by atoms with van der Waals surface area (Å²) in [6.45, 7) is 5.06. The number of carbonyl (C=O) groups excluding carboxylic acids is 1. The van der Waals surface area contributed by atoms with Crippen molar-refractivity contribution in [1.29, 1.82) is 0 Å². The molecule has 116 valence electrons. The Balaban J connectivity index is 2.00. The fraction of sp³-hybridized carbons (Fsp3) is 0.929. The van der Waals surface area contributed by atoms with Gasteiger partial charge in [-0.05, 0) is 32.2 Å². The molecular formula is C14H26N2O3S. The maximum atomic E-state index is 12.6. The molecule has 0 aromatic rings. The van der Waals surface area contributed by atoms with E-state index in [1.807, 2.05) is 0 Å². The van der Waals surface area contributed by atoms with Gasteiger partial charge in [-0.1, -0.05) is 19.8 Å². The summed E-state index contributed by atoms with van der Waals surface area (Å²) in [5, 5.41) is 6.28. The average Bonchev–Trinajstić information content (AvgIpc) is 2.83. The van der Waals surface area contributed by atoms with Gasteiger partial charge >= 0.3 is 0 Å². The van der Waals surface area contributed by atoms with Crippen LogP contribution in [0.3, 0.4) is 0 Å². The molecule has 2 fully saturated rings. The molecule has 20 heavy (non-hydrogen) atoms. The molecule has 0 spiro atoms. The Kier molecular flexibility index (Phi) is 4.74. The quantitative estimate of drug-likeness (QED) is 0.784. The third kappa shape index (κ3) is 3.17. The lowest BCUT2D eigenvalue weighted by Gasteiger charge is -2.37. The standard InChI is InChI=1S/C14H26N2O3S/c1-3-20(18,19)9-11(2)16-13(17)14-7-5-4-6-12(14)8-15-10-14/h11-12,15H,3-10H2,1-2H3,(H,16,17)/t11?,12-,14+/m0/s1. The Morgan fingerprint density at radius 2 is 2.20 bits per heavy atom. The van der Waals surface area contributed by atoms with E-state index in [4.69, 9.17) is 0 Å². The van der Waals surface area contributed by atoms with Gasteiger partial charge in [0.1, 0.15) is 0 Å². The summed E-state index contributed by atoms with van der Waals surface area (Å²) in [6, 6.07) is -0.315. The van der Waals surface area contributed by atoms with Crippen LogP contribution in [0.4, 0.5) is 0 Å². The molecule has 2 N–H and O–H groups in total. The third-order valence-corrected chi connectivity index (χ3v) is 6.70. The molecule has 0 aromatic carbocycles. The summed E-state index contributed by atoms with van der Waals surface area (Å²) in [5.74, 6) is 0.614. The number of amides is 1. The lowest BCUT2D eigenvalue weighted by molar-refractivity contribution is -0.134. The van der Waals surface area contributed by atoms with E-state index in [1.54, 1.807) is 13.8 Å². The van der Waals surface area contributed by atoms with Gasteiger partial charge in [0.2, 0.25) is 5.91 Å². The summed E-state index contributed by atoms with van der Waals surface area (Å²) >= 11 is 0. The molecule has 1 amide bonds. The Labute approximate surface area is 121 Å². The fourth-order valence-corrected chi connectivity index (χ4v) is 4.68. The van der Waals surface area contributed by atoms with Gasteiger partial charge in [0.15, 0.2) is 9.84 Å². The molecule has 2 rings (SSSR count). The Bertz CT molecular complexity index is 463. The minimum absolute atomic E-state index is 0.0312. The smallest absolute Gasteiger partial charge is 0.228 e. The lowest BCUT2D eigenvalue weighted by Crippen LogP contribution is -2.51. The molecule has 1 aliphatic heterocycles. The molecule has 0 bridgehead atoms. The van der Waals surface area contributed by atoms with Crippen LogP contribution in [-0.4, -0.2) is 45.0 Å². The first kappa shape index (κ1) is 15.8. The zero-order valence-electron chi connectivity index (χ0n) is 12.4. The van der Waals surface area contributed by atoms with E-state index in [0.717, 1.165) is 32.4 Å². The van der Waals surface area contributed by atoms with E-state index >= 15 is 0 Å². The number of rotatable bonds is 5. The maximum Gasteiger partial charge on any atom is 0.228 e. The normalized spacial score (nSPS) is 31.6. The van der Waals surface area contributed by atoms with Crippen LogP contribution in [0, 0.1) is 11.3 Å². The summed E-state index contributed by atoms with van der Waals surface area (Å²) < 4.78 is 23.3. The first-order chi connectivity index (χ1) is 9.39. The molecule has 1 saturated carbocycles. The Hall–Kier alpha value is -0.620. The zero-order chi connectivity index (χ0) is 14.8. The van der Waals surface area contributed by atoms with Gasteiger partial charge in [0, 0.05) is 18.3 Å². The fourth-order valence-electron chi connectivity index (χ4n) is 3.60. The van der Waals surface area contributed by atoms with Crippen LogP contribution in [0.5, 0.6) is 0 Å². The highest BCUT2D eigenvalue weighted by molar-refractivity contribution is 7.91. The first-order valence-electron chi connectivity index (χ1n) is 7.62. The number of nitrogens with one attached hydrogen (secondary N) is 2. The van der Waals surface area contributed by atoms with Gasteiger partial charge in [-0.15, -0.1) is 0 Å². The molecule has 0 aromatic heterocycles. The van der Waals surface area contributed by atoms with E-state index in [1.165, 1.54) is 6.42 Å². The molecule has 6 heteroatoms. The number of sulfone groups is 1. The largest absolute Gasteiger partial charge is 0.352 e. The second kappa shape index (κ2) is 6.02. The van der Waals surface area contributed by atoms with Crippen LogP contribution >= 0.6 is 0 Å². The molecule has 3 atom stereocenters. The van der Waals surface area contributed by atoms with E-state index < -0.39 is 9.84 Å². The topological polar surface area (TPSA) is 75.3 Å². The highest BCUT2D eigenvalue weighted by Gasteiger charge is 2.50. The number of hydrogen-bond donors (Lipinski definition) is 2. The van der Waals surface area contributed by atoms with Gasteiger partial charge in [-0.3, -0.25) is 4.79 Å². The number of hydrogen-bond acceptors (Lipinski definition) is 4. The predicted octanol–water partition coefficient (Wildman–Crippen LogP) is 0.706. The molecule has 1 unspecified atom stereocenters. The molecule has 5 nitrogen and oxygen atoms in total. The number of fused-ring (bicyclic) bond motifs is 1. The van der Waals surface area contributed by atoms with Crippen LogP contribution < -0.4 is 10.6 Å². The lowest BCUT2D eigenvalue weighted by atomic mass is 9.67. The Morgan fingerprint density at radius 3 is 2.90 bits per heavy atom. The molecule has 1 saturated heterocycles. The van der Waals surface area contributed by atoms with E-state index in [0.29, 0.717) is 5.92 Å². The monoisotopic (exact) mass is 302 g/mol. The Morgan fingerprint density at radius 1 is 1.45 bits per heavy atom. The highest BCUT2D eigenvalue weighted by atomic mass is 32.2. The summed E-state index contributed by atoms with van der Waals surface area (Å²) in [5.41, 5.74) is -0.303. The van der Waals surface area contributed by atoms with E-state index in [2.05, 4.69) is 10.6 Å². The van der Waals surface area contributed by atoms with Crippen LogP contribution in [-0.2, 0) is 14.6 Å². The number of carbonyl (C=O) groups is 1. The van der Waals surface area contributed by atoms with Crippen LogP contribution in [0.2, 0.25) is 0 Å². The zero-order valence-corrected chi connectivity index (χ0v) is 13.3. The minimum Gasteiger partial charge on any atom is -0.352 e. The summed E-state index contributed by atoms with van der Waals surface area (Å²) in [6.07, 6.45) is 4.31. The van der Waals surface area contributed by atoms with Crippen LogP contribution in [0.25, 0.3) is 0 Å². The molecule has 2 aliphatic rings. The van der Waals surface area contributed by atoms with E-state index in [9.17, 15) is 13.2 Å². The van der Waals surface area contributed by atoms with Crippen LogP contribution in [0.15, 0.2) is 0 Å². The summed E-state index contributed by atoms with van der Waals surface area (Å²) in [7, 11) is -3.05. The second-order valence-corrected chi connectivity index (χ2v) is 8.70. The summed E-state index contributed by atoms with van der Waals surface area (Å²) in [4.78, 5) is 12.6. The highest BCUT2D eigenvalue weighted by Crippen LogP contribution is 2.43. The van der Waals surface area contributed by atoms with Gasteiger partial charge in [0.05, 0.1) is 11.2 Å². The first-order valence-corrected chi connectivity index (χ1v) is 9.44. The SMILES string of the molecule is CCS(=O)(=O)CC(C)NC(=O)[C@@]12CCCC[C@H]1CNC2. The average molecular weight is 302 g/mol. The third-order valence-electron chi connectivity index (χ3n) is 4.81. The van der Waals surface area contributed by atoms with Crippen molar-refractivity contribution in [2.45, 2.75) is 45.6 Å². The maximum absolute atomic E-state index is 12.6. The van der Waals surface area contributed by atoms with Gasteiger partial charge < -0.3 is 10.6 Å². The second-order valence-electron chi connectivity index (χ2n) is 6.30. The van der Waals surface area contributed by atoms with Crippen molar-refractivity contribution >= 4 is 15.7 Å². The van der Waals surface area contributed by atoms with Crippen molar-refractivity contribution < 1.29 is 13.2 Å². The predicted molar refractivity (Wildman–Crippen MR) is 79.2 cm³/mol. The van der Waals surface area contributed by atoms with Crippen molar-refractivity contribution in [2.75, 3.05) is 24.6 Å². The van der Waals surface area contributed by atoms with Gasteiger partial charge in [0.25, 0.3) is 0 Å². The molecular weight excluding hydrogens is 276 g/mol. The molecule has 0 radical (unpaired) electrons. The van der Waals surface area contributed by atoms with Crippen LogP contribution in [0.1, 0.15) is 39.5 Å². The van der Waals surface area contributed by atoms with E-state index in [-0.39, 0.29) is 28.9 Å². The van der Waals surface area contributed by atoms with Crippen molar-refractivity contribution in [3.8, 4) is 0 Å². The van der Waals surface area contributed by atoms with Gasteiger partial charge in [-0.2, -0.15) is 0 Å². The molecule has 1 aliphatic carbocycles. The van der Waals surface area contributed by atoms with Crippen molar-refractivity contribution in [3.63, 3.8) is 0 Å². The van der Waals surface area contributed by atoms with Crippen molar-refractivity contribution in [3.05, 3.63) is 0 Å². The minimum atomic E-state index is -3.05.